The van der Waals surface area contributed by atoms with E-state index in [-0.39, 0.29) is 6.04 Å². The molecule has 0 saturated carbocycles. The number of aromatic nitrogens is 2. The number of nitrogen functional groups attached to an aromatic ring is 1. The smallest absolute Gasteiger partial charge is 0.135 e. The second-order valence-electron chi connectivity index (χ2n) is 4.55. The molecule has 0 bridgehead atoms. The summed E-state index contributed by atoms with van der Waals surface area (Å²) in [7, 11) is 0. The first kappa shape index (κ1) is 13.6. The van der Waals surface area contributed by atoms with Gasteiger partial charge in [-0.05, 0) is 38.5 Å². The maximum Gasteiger partial charge on any atom is 0.135 e. The van der Waals surface area contributed by atoms with Gasteiger partial charge in [0.1, 0.15) is 17.5 Å². The number of benzene rings is 1. The van der Waals surface area contributed by atoms with Crippen molar-refractivity contribution in [3.8, 4) is 0 Å². The molecule has 0 aliphatic rings. The molecule has 1 unspecified atom stereocenters. The Hall–Kier alpha value is -1.81. The molecule has 3 N–H and O–H groups in total. The molecule has 0 spiro atoms. The van der Waals surface area contributed by atoms with Crippen LogP contribution >= 0.6 is 11.6 Å². The lowest BCUT2D eigenvalue weighted by Crippen LogP contribution is -2.12. The van der Waals surface area contributed by atoms with Crippen molar-refractivity contribution in [1.82, 2.24) is 9.97 Å². The van der Waals surface area contributed by atoms with Gasteiger partial charge in [-0.2, -0.15) is 0 Å². The summed E-state index contributed by atoms with van der Waals surface area (Å²) in [6.45, 7) is 5.78. The molecule has 1 atom stereocenters. The fourth-order valence-corrected chi connectivity index (χ4v) is 2.05. The molecule has 0 saturated heterocycles. The normalized spacial score (nSPS) is 12.2. The SMILES string of the molecule is Cc1nc(N)c(C)c(NC(C)c2cccc(Cl)c2)n1. The number of anilines is 2. The number of nitrogens with zero attached hydrogens (tertiary/aromatic N) is 2. The van der Waals surface area contributed by atoms with Crippen LogP contribution in [0.1, 0.15) is 29.9 Å². The highest BCUT2D eigenvalue weighted by Crippen LogP contribution is 2.24. The third-order valence-electron chi connectivity index (χ3n) is 3.00. The van der Waals surface area contributed by atoms with Crippen molar-refractivity contribution >= 4 is 23.2 Å². The number of hydrogen-bond donors (Lipinski definition) is 2. The van der Waals surface area contributed by atoms with E-state index in [1.807, 2.05) is 38.1 Å². The average molecular weight is 277 g/mol. The van der Waals surface area contributed by atoms with Crippen molar-refractivity contribution in [2.75, 3.05) is 11.1 Å². The Morgan fingerprint density at radius 3 is 2.68 bits per heavy atom. The van der Waals surface area contributed by atoms with Crippen molar-refractivity contribution in [2.24, 2.45) is 0 Å². The molecule has 5 heteroatoms. The lowest BCUT2D eigenvalue weighted by molar-refractivity contribution is 0.863. The summed E-state index contributed by atoms with van der Waals surface area (Å²) in [6.07, 6.45) is 0. The van der Waals surface area contributed by atoms with Crippen LogP contribution in [0.5, 0.6) is 0 Å². The van der Waals surface area contributed by atoms with Crippen LogP contribution in [0.4, 0.5) is 11.6 Å². The second-order valence-corrected chi connectivity index (χ2v) is 4.99. The van der Waals surface area contributed by atoms with E-state index in [1.54, 1.807) is 0 Å². The maximum atomic E-state index is 6.00. The summed E-state index contributed by atoms with van der Waals surface area (Å²) in [5.74, 6) is 1.93. The standard InChI is InChI=1S/C14H17ClN4/c1-8-13(16)18-10(3)19-14(8)17-9(2)11-5-4-6-12(15)7-11/h4-7,9H,1-3H3,(H3,16,17,18,19). The molecule has 1 heterocycles. The van der Waals surface area contributed by atoms with Crippen LogP contribution in [0.15, 0.2) is 24.3 Å². The zero-order valence-corrected chi connectivity index (χ0v) is 12.0. The molecule has 0 aliphatic carbocycles. The van der Waals surface area contributed by atoms with Gasteiger partial charge in [0.25, 0.3) is 0 Å². The van der Waals surface area contributed by atoms with Gasteiger partial charge in [-0.1, -0.05) is 23.7 Å². The number of halogens is 1. The maximum absolute atomic E-state index is 6.00. The summed E-state index contributed by atoms with van der Waals surface area (Å²) >= 11 is 6.00. The lowest BCUT2D eigenvalue weighted by Gasteiger charge is -2.17. The van der Waals surface area contributed by atoms with Crippen LogP contribution in [0.3, 0.4) is 0 Å². The number of nitrogens with two attached hydrogens (primary N) is 1. The largest absolute Gasteiger partial charge is 0.383 e. The van der Waals surface area contributed by atoms with Crippen LogP contribution in [-0.4, -0.2) is 9.97 Å². The Morgan fingerprint density at radius 1 is 1.26 bits per heavy atom. The Labute approximate surface area is 118 Å². The molecule has 100 valence electrons. The molecule has 4 nitrogen and oxygen atoms in total. The molecule has 0 amide bonds. The fraction of sp³-hybridized carbons (Fsp3) is 0.286. The third kappa shape index (κ3) is 3.15. The Balaban J connectivity index is 2.26. The summed E-state index contributed by atoms with van der Waals surface area (Å²) in [5, 5.41) is 4.07. The summed E-state index contributed by atoms with van der Waals surface area (Å²) in [4.78, 5) is 8.52. The number of aryl methyl sites for hydroxylation is 1. The Morgan fingerprint density at radius 2 is 2.00 bits per heavy atom. The van der Waals surface area contributed by atoms with E-state index in [4.69, 9.17) is 17.3 Å². The molecule has 1 aromatic heterocycles. The van der Waals surface area contributed by atoms with E-state index in [9.17, 15) is 0 Å². The summed E-state index contributed by atoms with van der Waals surface area (Å²) in [6, 6.07) is 7.84. The van der Waals surface area contributed by atoms with Crippen molar-refractivity contribution in [2.45, 2.75) is 26.8 Å². The minimum absolute atomic E-state index is 0.0890. The van der Waals surface area contributed by atoms with E-state index in [0.717, 1.165) is 22.0 Å². The first-order valence-electron chi connectivity index (χ1n) is 6.10. The van der Waals surface area contributed by atoms with Gasteiger partial charge in [-0.3, -0.25) is 0 Å². The number of hydrogen-bond acceptors (Lipinski definition) is 4. The average Bonchev–Trinajstić information content (AvgIpc) is 2.35. The zero-order valence-electron chi connectivity index (χ0n) is 11.2. The van der Waals surface area contributed by atoms with Gasteiger partial charge in [0.05, 0.1) is 6.04 Å². The highest BCUT2D eigenvalue weighted by Gasteiger charge is 2.11. The van der Waals surface area contributed by atoms with Crippen LogP contribution < -0.4 is 11.1 Å². The van der Waals surface area contributed by atoms with Crippen molar-refractivity contribution in [1.29, 1.82) is 0 Å². The van der Waals surface area contributed by atoms with Crippen molar-refractivity contribution in [3.63, 3.8) is 0 Å². The molecule has 2 aromatic rings. The van der Waals surface area contributed by atoms with Crippen molar-refractivity contribution < 1.29 is 0 Å². The number of nitrogens with one attached hydrogen (secondary N) is 1. The zero-order chi connectivity index (χ0) is 14.0. The van der Waals surface area contributed by atoms with Crippen LogP contribution in [-0.2, 0) is 0 Å². The predicted octanol–water partition coefficient (Wildman–Crippen LogP) is 3.50. The van der Waals surface area contributed by atoms with Gasteiger partial charge in [0.2, 0.25) is 0 Å². The molecular weight excluding hydrogens is 260 g/mol. The molecule has 0 fully saturated rings. The first-order chi connectivity index (χ1) is 8.97. The van der Waals surface area contributed by atoms with E-state index in [1.165, 1.54) is 0 Å². The van der Waals surface area contributed by atoms with Crippen LogP contribution in [0.25, 0.3) is 0 Å². The molecule has 0 radical (unpaired) electrons. The monoisotopic (exact) mass is 276 g/mol. The van der Waals surface area contributed by atoms with Gasteiger partial charge >= 0.3 is 0 Å². The quantitative estimate of drug-likeness (QED) is 0.900. The highest BCUT2D eigenvalue weighted by atomic mass is 35.5. The van der Waals surface area contributed by atoms with E-state index < -0.39 is 0 Å². The highest BCUT2D eigenvalue weighted by molar-refractivity contribution is 6.30. The lowest BCUT2D eigenvalue weighted by atomic mass is 10.1. The number of rotatable bonds is 3. The minimum atomic E-state index is 0.0890. The van der Waals surface area contributed by atoms with Gasteiger partial charge in [0.15, 0.2) is 0 Å². The van der Waals surface area contributed by atoms with Gasteiger partial charge < -0.3 is 11.1 Å². The van der Waals surface area contributed by atoms with Crippen LogP contribution in [0, 0.1) is 13.8 Å². The van der Waals surface area contributed by atoms with E-state index >= 15 is 0 Å². The Kier molecular flexibility index (Phi) is 3.90. The third-order valence-corrected chi connectivity index (χ3v) is 3.23. The van der Waals surface area contributed by atoms with E-state index in [0.29, 0.717) is 11.6 Å². The summed E-state index contributed by atoms with van der Waals surface area (Å²) < 4.78 is 0. The first-order valence-corrected chi connectivity index (χ1v) is 6.48. The van der Waals surface area contributed by atoms with E-state index in [2.05, 4.69) is 22.2 Å². The molecule has 1 aromatic carbocycles. The fourth-order valence-electron chi connectivity index (χ4n) is 1.86. The minimum Gasteiger partial charge on any atom is -0.383 e. The van der Waals surface area contributed by atoms with Gasteiger partial charge in [-0.15, -0.1) is 0 Å². The topological polar surface area (TPSA) is 63.8 Å². The molecular formula is C14H17ClN4. The van der Waals surface area contributed by atoms with Crippen LogP contribution in [0.2, 0.25) is 5.02 Å². The molecule has 2 rings (SSSR count). The van der Waals surface area contributed by atoms with Crippen molar-refractivity contribution in [3.05, 3.63) is 46.2 Å². The molecule has 0 aliphatic heterocycles. The summed E-state index contributed by atoms with van der Waals surface area (Å²) in [5.41, 5.74) is 7.81. The Bertz CT molecular complexity index is 598. The van der Waals surface area contributed by atoms with Gasteiger partial charge in [0, 0.05) is 10.6 Å². The van der Waals surface area contributed by atoms with Gasteiger partial charge in [-0.25, -0.2) is 9.97 Å². The second kappa shape index (κ2) is 5.45. The molecule has 19 heavy (non-hydrogen) atoms. The predicted molar refractivity (Wildman–Crippen MR) is 79.4 cm³/mol.